The van der Waals surface area contributed by atoms with Gasteiger partial charge in [-0.1, -0.05) is 0 Å². The number of nitrogens with one attached hydrogen (secondary N) is 1. The number of hydrogen-bond donors (Lipinski definition) is 2. The molecule has 2 aromatic rings. The van der Waals surface area contributed by atoms with E-state index in [0.717, 1.165) is 16.5 Å². The maximum absolute atomic E-state index is 12.3. The van der Waals surface area contributed by atoms with Crippen molar-refractivity contribution in [3.05, 3.63) is 42.1 Å². The van der Waals surface area contributed by atoms with E-state index in [9.17, 15) is 18.3 Å². The molecule has 0 amide bonds. The molecule has 0 aromatic carbocycles. The molecule has 110 valence electrons. The van der Waals surface area contributed by atoms with Crippen molar-refractivity contribution >= 4 is 0 Å². The predicted octanol–water partition coefficient (Wildman–Crippen LogP) is 1.65. The molecule has 2 heterocycles. The van der Waals surface area contributed by atoms with Crippen LogP contribution in [0.25, 0.3) is 0 Å². The van der Waals surface area contributed by atoms with Crippen molar-refractivity contribution in [3.8, 4) is 0 Å². The zero-order chi connectivity index (χ0) is 14.6. The molecule has 0 radical (unpaired) electrons. The highest BCUT2D eigenvalue weighted by Gasteiger charge is 2.33. The lowest BCUT2D eigenvalue weighted by molar-refractivity contribution is -0.141. The van der Waals surface area contributed by atoms with Crippen molar-refractivity contribution in [1.29, 1.82) is 0 Å². The highest BCUT2D eigenvalue weighted by atomic mass is 19.4. The lowest BCUT2D eigenvalue weighted by atomic mass is 10.3. The van der Waals surface area contributed by atoms with Crippen LogP contribution < -0.4 is 5.32 Å². The normalized spacial score (nSPS) is 13.6. The van der Waals surface area contributed by atoms with Crippen LogP contribution in [0.3, 0.4) is 0 Å². The van der Waals surface area contributed by atoms with Crippen molar-refractivity contribution in [3.63, 3.8) is 0 Å². The number of aliphatic hydroxyl groups excluding tert-OH is 1. The van der Waals surface area contributed by atoms with Crippen LogP contribution in [0, 0.1) is 0 Å². The maximum atomic E-state index is 12.3. The Balaban J connectivity index is 1.76. The number of halogens is 3. The van der Waals surface area contributed by atoms with E-state index in [2.05, 4.69) is 10.4 Å². The average Bonchev–Trinajstić information content (AvgIpc) is 2.98. The molecule has 0 bridgehead atoms. The summed E-state index contributed by atoms with van der Waals surface area (Å²) in [6.45, 7) is 0.653. The van der Waals surface area contributed by atoms with Crippen molar-refractivity contribution < 1.29 is 22.7 Å². The van der Waals surface area contributed by atoms with E-state index < -0.39 is 18.0 Å². The first-order chi connectivity index (χ1) is 9.45. The van der Waals surface area contributed by atoms with Crippen LogP contribution in [0.2, 0.25) is 0 Å². The van der Waals surface area contributed by atoms with Gasteiger partial charge in [0.25, 0.3) is 0 Å². The summed E-state index contributed by atoms with van der Waals surface area (Å²) in [5.41, 5.74) is -0.965. The van der Waals surface area contributed by atoms with Gasteiger partial charge in [-0.15, -0.1) is 0 Å². The molecule has 1 atom stereocenters. The molecule has 0 saturated carbocycles. The highest BCUT2D eigenvalue weighted by Crippen LogP contribution is 2.27. The maximum Gasteiger partial charge on any atom is 0.435 e. The number of hydrogen-bond acceptors (Lipinski definition) is 4. The second-order valence-electron chi connectivity index (χ2n) is 4.28. The molecular weight excluding hydrogens is 275 g/mol. The predicted molar refractivity (Wildman–Crippen MR) is 63.7 cm³/mol. The van der Waals surface area contributed by atoms with Crippen LogP contribution in [0.15, 0.2) is 35.1 Å². The molecule has 2 N–H and O–H groups in total. The van der Waals surface area contributed by atoms with E-state index in [1.165, 1.54) is 12.5 Å². The van der Waals surface area contributed by atoms with Crippen molar-refractivity contribution in [2.45, 2.75) is 25.4 Å². The lowest BCUT2D eigenvalue weighted by Gasteiger charge is -2.11. The molecule has 0 aliphatic heterocycles. The molecular formula is C12H14F3N3O2. The molecule has 0 saturated heterocycles. The Morgan fingerprint density at radius 3 is 2.80 bits per heavy atom. The second-order valence-corrected chi connectivity index (χ2v) is 4.28. The van der Waals surface area contributed by atoms with E-state index >= 15 is 0 Å². The third-order valence-corrected chi connectivity index (χ3v) is 2.59. The largest absolute Gasteiger partial charge is 0.468 e. The summed E-state index contributed by atoms with van der Waals surface area (Å²) in [7, 11) is 0. The van der Waals surface area contributed by atoms with Gasteiger partial charge < -0.3 is 14.8 Å². The fourth-order valence-electron chi connectivity index (χ4n) is 1.67. The number of nitrogens with zero attached hydrogens (tertiary/aromatic N) is 2. The molecule has 20 heavy (non-hydrogen) atoms. The minimum atomic E-state index is -4.46. The van der Waals surface area contributed by atoms with Crippen LogP contribution in [0.4, 0.5) is 13.2 Å². The standard InChI is InChI=1S/C12H14F3N3O2/c13-12(14,15)11-3-4-18(17-11)8-9(19)6-16-7-10-2-1-5-20-10/h1-5,9,16,19H,6-8H2. The van der Waals surface area contributed by atoms with Crippen LogP contribution in [0.1, 0.15) is 11.5 Å². The zero-order valence-electron chi connectivity index (χ0n) is 10.5. The van der Waals surface area contributed by atoms with Gasteiger partial charge in [0.1, 0.15) is 5.76 Å². The Labute approximate surface area is 113 Å². The molecule has 1 unspecified atom stereocenters. The van der Waals surface area contributed by atoms with Crippen molar-refractivity contribution in [2.75, 3.05) is 6.54 Å². The Morgan fingerprint density at radius 2 is 2.20 bits per heavy atom. The Morgan fingerprint density at radius 1 is 1.40 bits per heavy atom. The number of aliphatic hydroxyl groups is 1. The van der Waals surface area contributed by atoms with Crippen molar-refractivity contribution in [2.24, 2.45) is 0 Å². The van der Waals surface area contributed by atoms with Gasteiger partial charge in [-0.25, -0.2) is 0 Å². The molecule has 0 aliphatic carbocycles. The minimum absolute atomic E-state index is 0.0127. The van der Waals surface area contributed by atoms with E-state index in [1.807, 2.05) is 0 Å². The number of alkyl halides is 3. The lowest BCUT2D eigenvalue weighted by Crippen LogP contribution is -2.30. The van der Waals surface area contributed by atoms with Crippen LogP contribution >= 0.6 is 0 Å². The Hall–Kier alpha value is -1.80. The summed E-state index contributed by atoms with van der Waals surface area (Å²) in [5.74, 6) is 0.718. The number of rotatable bonds is 6. The zero-order valence-corrected chi connectivity index (χ0v) is 10.5. The summed E-state index contributed by atoms with van der Waals surface area (Å²) in [6, 6.07) is 4.40. The summed E-state index contributed by atoms with van der Waals surface area (Å²) in [5, 5.41) is 16.0. The highest BCUT2D eigenvalue weighted by molar-refractivity contribution is 5.03. The van der Waals surface area contributed by atoms with Gasteiger partial charge in [-0.3, -0.25) is 4.68 Å². The van der Waals surface area contributed by atoms with Gasteiger partial charge in [0.05, 0.1) is 25.5 Å². The number of furan rings is 1. The smallest absolute Gasteiger partial charge is 0.435 e. The third-order valence-electron chi connectivity index (χ3n) is 2.59. The van der Waals surface area contributed by atoms with E-state index in [4.69, 9.17) is 4.42 Å². The Kier molecular flexibility index (Phi) is 4.46. The Bertz CT molecular complexity index is 522. The monoisotopic (exact) mass is 289 g/mol. The fraction of sp³-hybridized carbons (Fsp3) is 0.417. The minimum Gasteiger partial charge on any atom is -0.468 e. The molecule has 2 aromatic heterocycles. The van der Waals surface area contributed by atoms with Gasteiger partial charge in [0, 0.05) is 12.7 Å². The number of aromatic nitrogens is 2. The second kappa shape index (κ2) is 6.10. The van der Waals surface area contributed by atoms with Crippen LogP contribution in [0.5, 0.6) is 0 Å². The van der Waals surface area contributed by atoms with Gasteiger partial charge >= 0.3 is 6.18 Å². The van der Waals surface area contributed by atoms with Crippen LogP contribution in [-0.2, 0) is 19.3 Å². The first kappa shape index (κ1) is 14.6. The summed E-state index contributed by atoms with van der Waals surface area (Å²) < 4.78 is 43.2. The van der Waals surface area contributed by atoms with Crippen molar-refractivity contribution in [1.82, 2.24) is 15.1 Å². The third kappa shape index (κ3) is 4.10. The summed E-state index contributed by atoms with van der Waals surface area (Å²) in [4.78, 5) is 0. The molecule has 0 aliphatic rings. The molecule has 2 rings (SSSR count). The van der Waals surface area contributed by atoms with E-state index in [1.54, 1.807) is 12.1 Å². The average molecular weight is 289 g/mol. The fourth-order valence-corrected chi connectivity index (χ4v) is 1.67. The van der Waals surface area contributed by atoms with E-state index in [0.29, 0.717) is 6.54 Å². The molecule has 8 heteroatoms. The van der Waals surface area contributed by atoms with Gasteiger partial charge in [0.15, 0.2) is 5.69 Å². The first-order valence-electron chi connectivity index (χ1n) is 5.97. The molecule has 0 spiro atoms. The molecule has 5 nitrogen and oxygen atoms in total. The van der Waals surface area contributed by atoms with E-state index in [-0.39, 0.29) is 13.1 Å². The van der Waals surface area contributed by atoms with Gasteiger partial charge in [-0.05, 0) is 18.2 Å². The van der Waals surface area contributed by atoms with Gasteiger partial charge in [0.2, 0.25) is 0 Å². The van der Waals surface area contributed by atoms with Crippen LogP contribution in [-0.4, -0.2) is 27.5 Å². The summed E-state index contributed by atoms with van der Waals surface area (Å²) in [6.07, 6.45) is -2.58. The first-order valence-corrected chi connectivity index (χ1v) is 5.97. The van der Waals surface area contributed by atoms with Gasteiger partial charge in [-0.2, -0.15) is 18.3 Å². The molecule has 0 fully saturated rings. The SMILES string of the molecule is OC(CNCc1ccco1)Cn1ccc(C(F)(F)F)n1. The summed E-state index contributed by atoms with van der Waals surface area (Å²) >= 11 is 0. The quantitative estimate of drug-likeness (QED) is 0.848. The topological polar surface area (TPSA) is 63.2 Å².